The lowest BCUT2D eigenvalue weighted by Crippen LogP contribution is -2.30. The van der Waals surface area contributed by atoms with E-state index < -0.39 is 97.5 Å². The van der Waals surface area contributed by atoms with Gasteiger partial charge in [0, 0.05) is 25.7 Å². The number of hydrogen-bond donors (Lipinski definition) is 3. The van der Waals surface area contributed by atoms with Gasteiger partial charge in [0.15, 0.2) is 12.2 Å². The molecule has 0 saturated heterocycles. The van der Waals surface area contributed by atoms with Gasteiger partial charge in [0.1, 0.15) is 19.3 Å². The van der Waals surface area contributed by atoms with Crippen molar-refractivity contribution < 1.29 is 80.2 Å². The van der Waals surface area contributed by atoms with Crippen LogP contribution < -0.4 is 0 Å². The maximum Gasteiger partial charge on any atom is 0.472 e. The molecule has 17 nitrogen and oxygen atoms in total. The van der Waals surface area contributed by atoms with Crippen molar-refractivity contribution in [1.82, 2.24) is 0 Å². The highest BCUT2D eigenvalue weighted by Crippen LogP contribution is 2.45. The number of hydrogen-bond acceptors (Lipinski definition) is 15. The van der Waals surface area contributed by atoms with E-state index in [0.717, 1.165) is 186 Å². The van der Waals surface area contributed by atoms with Crippen LogP contribution in [0.15, 0.2) is 97.2 Å². The van der Waals surface area contributed by atoms with E-state index in [1.54, 1.807) is 0 Å². The van der Waals surface area contributed by atoms with E-state index in [1.807, 2.05) is 0 Å². The molecule has 0 saturated carbocycles. The first kappa shape index (κ1) is 96.0. The molecule has 0 aromatic heterocycles. The molecule has 0 rings (SSSR count). The molecule has 0 amide bonds. The molecule has 0 radical (unpaired) electrons. The Balaban J connectivity index is 5.34. The Hall–Kier alpha value is -4.02. The standard InChI is InChI=1S/C81H142O17P2/c1-5-9-13-17-21-25-29-32-35-36-37-38-41-43-47-50-54-58-62-66-79(84)92-72-77(98-81(86)68-64-60-56-52-48-44-40-34-31-27-23-19-15-11-7-3)74-96-100(89,90)94-70-75(82)69-93-99(87,88)95-73-76(97-80(85)67-63-59-55-51-45-28-24-20-16-12-8-4)71-91-78(83)65-61-57-53-49-46-42-39-33-30-26-22-18-14-10-6-2/h9,13,20-21,23-25,27,32-35,37-40,75-77,82H,5-8,10-12,14-19,22,26,28-31,36,41-74H2,1-4H3,(H,87,88)(H,89,90)/b13-9-,24-20-,25-21-,27-23-,35-32-,38-37-,39-33-,40-34-. The summed E-state index contributed by atoms with van der Waals surface area (Å²) in [7, 11) is -9.96. The fourth-order valence-electron chi connectivity index (χ4n) is 10.5. The first-order valence-electron chi connectivity index (χ1n) is 39.5. The van der Waals surface area contributed by atoms with E-state index >= 15 is 0 Å². The number of unbranched alkanes of at least 4 members (excludes halogenated alkanes) is 32. The molecule has 0 aliphatic rings. The second-order valence-corrected chi connectivity index (χ2v) is 29.2. The van der Waals surface area contributed by atoms with Crippen LogP contribution in [-0.4, -0.2) is 96.7 Å². The molecule has 0 spiro atoms. The summed E-state index contributed by atoms with van der Waals surface area (Å²) in [4.78, 5) is 72.9. The van der Waals surface area contributed by atoms with Crippen LogP contribution in [0.3, 0.4) is 0 Å². The van der Waals surface area contributed by atoms with E-state index in [9.17, 15) is 43.2 Å². The van der Waals surface area contributed by atoms with Gasteiger partial charge < -0.3 is 33.8 Å². The Labute approximate surface area is 607 Å². The zero-order valence-corrected chi connectivity index (χ0v) is 64.9. The number of phosphoric ester groups is 2. The average molecular weight is 1450 g/mol. The first-order chi connectivity index (χ1) is 48.7. The number of rotatable bonds is 74. The number of allylic oxidation sites excluding steroid dienone is 16. The molecule has 3 N–H and O–H groups in total. The maximum absolute atomic E-state index is 13.1. The zero-order valence-electron chi connectivity index (χ0n) is 63.1. The summed E-state index contributed by atoms with van der Waals surface area (Å²) in [6.07, 6.45) is 76.7. The molecule has 0 fully saturated rings. The second kappa shape index (κ2) is 73.3. The van der Waals surface area contributed by atoms with E-state index in [1.165, 1.54) is 70.6 Å². The first-order valence-corrected chi connectivity index (χ1v) is 42.5. The molecule has 0 aliphatic heterocycles. The van der Waals surface area contributed by atoms with Crippen molar-refractivity contribution >= 4 is 39.5 Å². The molecular formula is C81H142O17P2. The van der Waals surface area contributed by atoms with Gasteiger partial charge in [-0.05, 0) is 141 Å². The predicted octanol–water partition coefficient (Wildman–Crippen LogP) is 22.8. The largest absolute Gasteiger partial charge is 0.472 e. The number of phosphoric acid groups is 2. The van der Waals surface area contributed by atoms with Crippen molar-refractivity contribution in [3.8, 4) is 0 Å². The fourth-order valence-corrected chi connectivity index (χ4v) is 12.0. The van der Waals surface area contributed by atoms with Gasteiger partial charge in [-0.15, -0.1) is 0 Å². The van der Waals surface area contributed by atoms with E-state index in [0.29, 0.717) is 25.7 Å². The molecule has 578 valence electrons. The van der Waals surface area contributed by atoms with E-state index in [2.05, 4.69) is 125 Å². The normalized spacial score (nSPS) is 14.4. The highest BCUT2D eigenvalue weighted by Gasteiger charge is 2.30. The predicted molar refractivity (Wildman–Crippen MR) is 409 cm³/mol. The van der Waals surface area contributed by atoms with Crippen molar-refractivity contribution in [2.45, 2.75) is 354 Å². The third-order valence-corrected chi connectivity index (χ3v) is 18.4. The Morgan fingerprint density at radius 2 is 0.530 bits per heavy atom. The highest BCUT2D eigenvalue weighted by molar-refractivity contribution is 7.47. The molecule has 0 aromatic rings. The number of ether oxygens (including phenoxy) is 4. The molecular weight excluding hydrogens is 1310 g/mol. The second-order valence-electron chi connectivity index (χ2n) is 26.3. The van der Waals surface area contributed by atoms with Gasteiger partial charge in [-0.1, -0.05) is 266 Å². The van der Waals surface area contributed by atoms with E-state index in [-0.39, 0.29) is 25.7 Å². The lowest BCUT2D eigenvalue weighted by molar-refractivity contribution is -0.161. The van der Waals surface area contributed by atoms with Crippen LogP contribution in [-0.2, 0) is 65.4 Å². The van der Waals surface area contributed by atoms with Crippen LogP contribution in [0.1, 0.15) is 336 Å². The van der Waals surface area contributed by atoms with E-state index in [4.69, 9.17) is 37.0 Å². The smallest absolute Gasteiger partial charge is 0.462 e. The molecule has 19 heteroatoms. The molecule has 0 heterocycles. The number of aliphatic hydroxyl groups excluding tert-OH is 1. The molecule has 0 aromatic carbocycles. The Morgan fingerprint density at radius 3 is 0.860 bits per heavy atom. The summed E-state index contributed by atoms with van der Waals surface area (Å²) >= 11 is 0. The molecule has 0 bridgehead atoms. The minimum absolute atomic E-state index is 0.0753. The summed E-state index contributed by atoms with van der Waals surface area (Å²) in [6.45, 7) is 4.67. The van der Waals surface area contributed by atoms with Crippen LogP contribution in [0.25, 0.3) is 0 Å². The lowest BCUT2D eigenvalue weighted by Gasteiger charge is -2.21. The number of aliphatic hydroxyl groups is 1. The summed E-state index contributed by atoms with van der Waals surface area (Å²) in [5.41, 5.74) is 0. The van der Waals surface area contributed by atoms with Crippen LogP contribution >= 0.6 is 15.6 Å². The summed E-state index contributed by atoms with van der Waals surface area (Å²) in [5.74, 6) is -2.21. The number of carbonyl (C=O) groups excluding carboxylic acids is 4. The third-order valence-electron chi connectivity index (χ3n) is 16.5. The molecule has 5 atom stereocenters. The van der Waals surface area contributed by atoms with Gasteiger partial charge in [0.25, 0.3) is 0 Å². The highest BCUT2D eigenvalue weighted by atomic mass is 31.2. The molecule has 0 aliphatic carbocycles. The maximum atomic E-state index is 13.1. The Kier molecular flexibility index (Phi) is 70.4. The van der Waals surface area contributed by atoms with Gasteiger partial charge in [-0.3, -0.25) is 37.3 Å². The van der Waals surface area contributed by atoms with Crippen LogP contribution in [0.2, 0.25) is 0 Å². The Bertz CT molecular complexity index is 2270. The monoisotopic (exact) mass is 1450 g/mol. The minimum Gasteiger partial charge on any atom is -0.462 e. The van der Waals surface area contributed by atoms with Gasteiger partial charge in [-0.25, -0.2) is 9.13 Å². The Morgan fingerprint density at radius 1 is 0.290 bits per heavy atom. The van der Waals surface area contributed by atoms with Crippen LogP contribution in [0, 0.1) is 0 Å². The number of esters is 4. The zero-order chi connectivity index (χ0) is 73.2. The minimum atomic E-state index is -4.98. The molecule has 100 heavy (non-hydrogen) atoms. The average Bonchev–Trinajstić information content (AvgIpc) is 0.985. The van der Waals surface area contributed by atoms with Crippen molar-refractivity contribution in [1.29, 1.82) is 0 Å². The fraction of sp³-hybridized carbons (Fsp3) is 0.753. The third kappa shape index (κ3) is 72.3. The summed E-state index contributed by atoms with van der Waals surface area (Å²) in [6, 6.07) is 0. The van der Waals surface area contributed by atoms with Gasteiger partial charge in [0.05, 0.1) is 26.4 Å². The van der Waals surface area contributed by atoms with Crippen LogP contribution in [0.4, 0.5) is 0 Å². The quantitative estimate of drug-likeness (QED) is 0.0169. The number of carbonyl (C=O) groups is 4. The van der Waals surface area contributed by atoms with Crippen molar-refractivity contribution in [2.24, 2.45) is 0 Å². The summed E-state index contributed by atoms with van der Waals surface area (Å²) in [5, 5.41) is 10.6. The van der Waals surface area contributed by atoms with Gasteiger partial charge in [-0.2, -0.15) is 0 Å². The van der Waals surface area contributed by atoms with Crippen molar-refractivity contribution in [3.63, 3.8) is 0 Å². The SMILES string of the molecule is CC/C=C\C/C=C\C/C=C\C/C=C\CCCCCCCCC(=O)OCC(COP(=O)(O)OCC(O)COP(=O)(O)OCC(COC(=O)CCCCCCC/C=C\CCCCCCCC)OC(=O)CCCCCCC/C=C\CCCC)OC(=O)CCCCCCC/C=C\C/C=C\CCCCC. The van der Waals surface area contributed by atoms with Crippen molar-refractivity contribution in [3.05, 3.63) is 97.2 Å². The van der Waals surface area contributed by atoms with Crippen molar-refractivity contribution in [2.75, 3.05) is 39.6 Å². The van der Waals surface area contributed by atoms with Gasteiger partial charge >= 0.3 is 39.5 Å². The lowest BCUT2D eigenvalue weighted by atomic mass is 10.1. The molecule has 5 unspecified atom stereocenters. The summed E-state index contributed by atoms with van der Waals surface area (Å²) < 4.78 is 68.5. The van der Waals surface area contributed by atoms with Gasteiger partial charge in [0.2, 0.25) is 0 Å². The topological polar surface area (TPSA) is 237 Å². The van der Waals surface area contributed by atoms with Crippen LogP contribution in [0.5, 0.6) is 0 Å².